The van der Waals surface area contributed by atoms with Gasteiger partial charge >= 0.3 is 0 Å². The third kappa shape index (κ3) is 4.43. The van der Waals surface area contributed by atoms with Gasteiger partial charge in [0.05, 0.1) is 0 Å². The molecule has 3 rings (SSSR count). The van der Waals surface area contributed by atoms with Crippen LogP contribution in [0.5, 0.6) is 5.75 Å². The molecule has 132 valence electrons. The van der Waals surface area contributed by atoms with Gasteiger partial charge < -0.3 is 10.4 Å². The van der Waals surface area contributed by atoms with Crippen molar-refractivity contribution in [1.82, 2.24) is 10.2 Å². The zero-order valence-electron chi connectivity index (χ0n) is 12.9. The largest absolute Gasteiger partial charge is 0.506 e. The maximum atomic E-state index is 13.5. The van der Waals surface area contributed by atoms with Gasteiger partial charge in [-0.15, -0.1) is 24.8 Å². The van der Waals surface area contributed by atoms with E-state index in [0.29, 0.717) is 5.92 Å². The van der Waals surface area contributed by atoms with Gasteiger partial charge in [0.25, 0.3) is 0 Å². The van der Waals surface area contributed by atoms with E-state index in [1.165, 1.54) is 31.7 Å². The monoisotopic (exact) mass is 384 g/mol. The third-order valence-electron chi connectivity index (χ3n) is 4.81. The van der Waals surface area contributed by atoms with Crippen molar-refractivity contribution in [3.63, 3.8) is 0 Å². The Balaban J connectivity index is 0.00000132. The molecule has 7 heteroatoms. The molecule has 0 bridgehead atoms. The summed E-state index contributed by atoms with van der Waals surface area (Å²) in [5.74, 6) is -0.106. The van der Waals surface area contributed by atoms with Crippen LogP contribution in [0, 0.1) is 11.7 Å². The molecule has 1 saturated heterocycles. The number of aromatic hydroxyl groups is 1. The zero-order valence-corrected chi connectivity index (χ0v) is 15.3. The van der Waals surface area contributed by atoms with Gasteiger partial charge in [0.15, 0.2) is 0 Å². The smallest absolute Gasteiger partial charge is 0.145 e. The van der Waals surface area contributed by atoms with Gasteiger partial charge in [-0.25, -0.2) is 4.39 Å². The summed E-state index contributed by atoms with van der Waals surface area (Å²) in [5.41, 5.74) is 0.787. The van der Waals surface area contributed by atoms with Gasteiger partial charge in [-0.1, -0.05) is 30.5 Å². The number of phenols is 1. The highest BCUT2D eigenvalue weighted by atomic mass is 35.5. The van der Waals surface area contributed by atoms with Crippen LogP contribution in [0.3, 0.4) is 0 Å². The average Bonchev–Trinajstić information content (AvgIpc) is 3.03. The van der Waals surface area contributed by atoms with Crippen LogP contribution in [0.2, 0.25) is 5.02 Å². The van der Waals surface area contributed by atoms with Crippen LogP contribution in [-0.2, 0) is 0 Å². The SMILES string of the molecule is Cl.Cl.Oc1c([C@@H](C2CCCC2)N2CCNCC2)ccc(F)c1Cl. The lowest BCUT2D eigenvalue weighted by Gasteiger charge is -2.39. The Hall–Kier alpha value is -0.260. The molecule has 0 spiro atoms. The number of rotatable bonds is 3. The van der Waals surface area contributed by atoms with Crippen LogP contribution >= 0.6 is 36.4 Å². The van der Waals surface area contributed by atoms with E-state index in [1.807, 2.05) is 0 Å². The summed E-state index contributed by atoms with van der Waals surface area (Å²) >= 11 is 5.92. The summed E-state index contributed by atoms with van der Waals surface area (Å²) in [5, 5.41) is 13.5. The van der Waals surface area contributed by atoms with E-state index >= 15 is 0 Å². The molecule has 2 fully saturated rings. The minimum absolute atomic E-state index is 0. The number of hydrogen-bond donors (Lipinski definition) is 2. The molecule has 2 N–H and O–H groups in total. The first kappa shape index (κ1) is 20.8. The first-order valence-corrected chi connectivity index (χ1v) is 8.18. The maximum absolute atomic E-state index is 13.5. The highest BCUT2D eigenvalue weighted by Gasteiger charge is 2.34. The van der Waals surface area contributed by atoms with E-state index in [0.717, 1.165) is 31.7 Å². The number of halogens is 4. The third-order valence-corrected chi connectivity index (χ3v) is 5.17. The lowest BCUT2D eigenvalue weighted by atomic mass is 9.89. The maximum Gasteiger partial charge on any atom is 0.145 e. The van der Waals surface area contributed by atoms with E-state index in [4.69, 9.17) is 11.6 Å². The second kappa shape index (κ2) is 9.28. The fourth-order valence-corrected chi connectivity index (χ4v) is 3.95. The second-order valence-corrected chi connectivity index (χ2v) is 6.45. The molecule has 1 aromatic rings. The fourth-order valence-electron chi connectivity index (χ4n) is 3.78. The van der Waals surface area contributed by atoms with E-state index in [2.05, 4.69) is 10.2 Å². The van der Waals surface area contributed by atoms with Crippen LogP contribution in [0.4, 0.5) is 4.39 Å². The molecule has 23 heavy (non-hydrogen) atoms. The van der Waals surface area contributed by atoms with Crippen LogP contribution in [0.25, 0.3) is 0 Å². The lowest BCUT2D eigenvalue weighted by molar-refractivity contribution is 0.123. The van der Waals surface area contributed by atoms with Crippen LogP contribution in [-0.4, -0.2) is 36.2 Å². The number of phenolic OH excluding ortho intramolecular Hbond substituents is 1. The number of nitrogens with one attached hydrogen (secondary N) is 1. The van der Waals surface area contributed by atoms with E-state index in [1.54, 1.807) is 6.07 Å². The van der Waals surface area contributed by atoms with Gasteiger partial charge in [-0.3, -0.25) is 4.90 Å². The predicted octanol–water partition coefficient (Wildman–Crippen LogP) is 4.16. The first-order valence-electron chi connectivity index (χ1n) is 7.80. The molecule has 3 nitrogen and oxygen atoms in total. The molecule has 1 aliphatic heterocycles. The molecule has 1 aliphatic carbocycles. The van der Waals surface area contributed by atoms with Crippen LogP contribution < -0.4 is 5.32 Å². The van der Waals surface area contributed by atoms with Gasteiger partial charge in [0.2, 0.25) is 0 Å². The molecular weight excluding hydrogens is 362 g/mol. The fraction of sp³-hybridized carbons (Fsp3) is 0.625. The van der Waals surface area contributed by atoms with Crippen LogP contribution in [0.1, 0.15) is 37.3 Å². The topological polar surface area (TPSA) is 35.5 Å². The van der Waals surface area contributed by atoms with E-state index < -0.39 is 5.82 Å². The molecule has 1 heterocycles. The van der Waals surface area contributed by atoms with E-state index in [9.17, 15) is 9.50 Å². The molecule has 1 saturated carbocycles. The Bertz CT molecular complexity index is 506. The van der Waals surface area contributed by atoms with E-state index in [-0.39, 0.29) is 41.6 Å². The Kier molecular flexibility index (Phi) is 8.39. The van der Waals surface area contributed by atoms with Crippen molar-refractivity contribution in [2.75, 3.05) is 26.2 Å². The summed E-state index contributed by atoms with van der Waals surface area (Å²) in [7, 11) is 0. The molecule has 0 unspecified atom stereocenters. The number of hydrogen-bond acceptors (Lipinski definition) is 3. The van der Waals surface area contributed by atoms with Gasteiger partial charge in [-0.2, -0.15) is 0 Å². The van der Waals surface area contributed by atoms with Crippen molar-refractivity contribution in [2.24, 2.45) is 5.92 Å². The summed E-state index contributed by atoms with van der Waals surface area (Å²) < 4.78 is 13.5. The molecule has 1 aromatic carbocycles. The summed E-state index contributed by atoms with van der Waals surface area (Å²) in [6.07, 6.45) is 4.82. The molecular formula is C16H24Cl3FN2O. The number of nitrogens with zero attached hydrogens (tertiary/aromatic N) is 1. The molecule has 0 aromatic heterocycles. The Morgan fingerprint density at radius 1 is 1.17 bits per heavy atom. The Morgan fingerprint density at radius 2 is 1.78 bits per heavy atom. The number of benzene rings is 1. The molecule has 0 amide bonds. The van der Waals surface area contributed by atoms with Gasteiger partial charge in [-0.05, 0) is 24.8 Å². The average molecular weight is 386 g/mol. The Labute approximate surface area is 154 Å². The summed E-state index contributed by atoms with van der Waals surface area (Å²) in [6, 6.07) is 3.23. The normalized spacial score (nSPS) is 20.6. The first-order chi connectivity index (χ1) is 10.2. The van der Waals surface area contributed by atoms with Crippen molar-refractivity contribution in [3.05, 3.63) is 28.5 Å². The quantitative estimate of drug-likeness (QED) is 0.820. The van der Waals surface area contributed by atoms with Crippen molar-refractivity contribution < 1.29 is 9.50 Å². The summed E-state index contributed by atoms with van der Waals surface area (Å²) in [4.78, 5) is 2.41. The van der Waals surface area contributed by atoms with Crippen molar-refractivity contribution in [2.45, 2.75) is 31.7 Å². The molecule has 0 radical (unpaired) electrons. The van der Waals surface area contributed by atoms with Crippen LogP contribution in [0.15, 0.2) is 12.1 Å². The highest BCUT2D eigenvalue weighted by Crippen LogP contribution is 2.44. The van der Waals surface area contributed by atoms with Crippen molar-refractivity contribution in [1.29, 1.82) is 0 Å². The highest BCUT2D eigenvalue weighted by molar-refractivity contribution is 6.32. The van der Waals surface area contributed by atoms with Gasteiger partial charge in [0.1, 0.15) is 16.6 Å². The predicted molar refractivity (Wildman–Crippen MR) is 96.7 cm³/mol. The minimum Gasteiger partial charge on any atom is -0.506 e. The van der Waals surface area contributed by atoms with Crippen molar-refractivity contribution in [3.8, 4) is 5.75 Å². The minimum atomic E-state index is -0.552. The molecule has 2 aliphatic rings. The Morgan fingerprint density at radius 3 is 2.39 bits per heavy atom. The zero-order chi connectivity index (χ0) is 14.8. The molecule has 1 atom stereocenters. The standard InChI is InChI=1S/C16H22ClFN2O.2ClH/c17-14-13(18)6-5-12(16(14)21)15(11-3-1-2-4-11)20-9-7-19-8-10-20;;/h5-6,11,15,19,21H,1-4,7-10H2;2*1H/t15-;;/m1../s1. The summed E-state index contributed by atoms with van der Waals surface area (Å²) in [6.45, 7) is 3.82. The number of piperazine rings is 1. The van der Waals surface area contributed by atoms with Gasteiger partial charge in [0, 0.05) is 37.8 Å². The second-order valence-electron chi connectivity index (χ2n) is 6.07. The van der Waals surface area contributed by atoms with Crippen molar-refractivity contribution >= 4 is 36.4 Å². The lowest BCUT2D eigenvalue weighted by Crippen LogP contribution is -2.46.